The van der Waals surface area contributed by atoms with Gasteiger partial charge >= 0.3 is 152 Å². The Morgan fingerprint density at radius 2 is 1.22 bits per heavy atom. The third-order valence-electron chi connectivity index (χ3n) is 5.16. The summed E-state index contributed by atoms with van der Waals surface area (Å²) in [6.07, 6.45) is 23.4. The van der Waals surface area contributed by atoms with Crippen molar-refractivity contribution in [1.29, 1.82) is 0 Å². The Kier molecular flexibility index (Phi) is 15.7. The standard InChI is InChI=1S/C10H15.3C4H9.Sn/c1-3-5-7-9-10-8-6-4-2;3*1-3-4-2;/h1,7H,4,6,8-10H2,2H3;3*1,3-4H2,2H3;. The maximum atomic E-state index is 6.05. The van der Waals surface area contributed by atoms with E-state index in [9.17, 15) is 0 Å². The van der Waals surface area contributed by atoms with Crippen LogP contribution in [0.15, 0.2) is 9.67 Å². The molecule has 0 unspecified atom stereocenters. The van der Waals surface area contributed by atoms with Crippen molar-refractivity contribution in [3.63, 3.8) is 0 Å². The van der Waals surface area contributed by atoms with Gasteiger partial charge in [0.15, 0.2) is 0 Å². The van der Waals surface area contributed by atoms with Crippen molar-refractivity contribution in [2.75, 3.05) is 0 Å². The number of rotatable bonds is 15. The van der Waals surface area contributed by atoms with E-state index in [0.717, 1.165) is 0 Å². The molecule has 0 aromatic carbocycles. The molecule has 0 aromatic rings. The molecule has 0 fully saturated rings. The molecular formula is C22H42Sn. The van der Waals surface area contributed by atoms with Crippen molar-refractivity contribution in [1.82, 2.24) is 0 Å². The SMILES string of the molecule is C#C/[C](=C/CCCCCC)[Sn]([CH2]CCC)([CH2]CCC)[CH2]CCC. The van der Waals surface area contributed by atoms with Crippen LogP contribution < -0.4 is 0 Å². The summed E-state index contributed by atoms with van der Waals surface area (Å²) in [5.74, 6) is 3.22. The van der Waals surface area contributed by atoms with Gasteiger partial charge in [-0.2, -0.15) is 0 Å². The van der Waals surface area contributed by atoms with Crippen molar-refractivity contribution < 1.29 is 0 Å². The average Bonchev–Trinajstić information content (AvgIpc) is 2.58. The first-order valence-corrected chi connectivity index (χ1v) is 17.9. The Morgan fingerprint density at radius 3 is 1.61 bits per heavy atom. The van der Waals surface area contributed by atoms with E-state index < -0.39 is 18.4 Å². The van der Waals surface area contributed by atoms with Crippen LogP contribution in [-0.2, 0) is 0 Å². The second kappa shape index (κ2) is 15.6. The second-order valence-corrected chi connectivity index (χ2v) is 20.3. The summed E-state index contributed by atoms with van der Waals surface area (Å²) in [4.78, 5) is 0. The Morgan fingerprint density at radius 1 is 0.739 bits per heavy atom. The van der Waals surface area contributed by atoms with E-state index in [-0.39, 0.29) is 0 Å². The van der Waals surface area contributed by atoms with E-state index in [1.54, 1.807) is 3.59 Å². The molecule has 0 aliphatic heterocycles. The topological polar surface area (TPSA) is 0 Å². The van der Waals surface area contributed by atoms with Gasteiger partial charge < -0.3 is 0 Å². The van der Waals surface area contributed by atoms with Crippen LogP contribution in [-0.4, -0.2) is 18.4 Å². The fraction of sp³-hybridized carbons (Fsp3) is 0.818. The molecule has 0 saturated carbocycles. The van der Waals surface area contributed by atoms with Gasteiger partial charge in [-0.15, -0.1) is 0 Å². The summed E-state index contributed by atoms with van der Waals surface area (Å²) in [5.41, 5.74) is 0. The van der Waals surface area contributed by atoms with E-state index in [1.807, 2.05) is 0 Å². The Labute approximate surface area is 151 Å². The molecule has 0 aliphatic carbocycles. The van der Waals surface area contributed by atoms with Crippen LogP contribution in [0.3, 0.4) is 0 Å². The summed E-state index contributed by atoms with van der Waals surface area (Å²) in [7, 11) is 0. The normalized spacial score (nSPS) is 12.4. The van der Waals surface area contributed by atoms with Crippen LogP contribution in [0.25, 0.3) is 0 Å². The monoisotopic (exact) mass is 426 g/mol. The van der Waals surface area contributed by atoms with E-state index in [0.29, 0.717) is 0 Å². The van der Waals surface area contributed by atoms with Crippen molar-refractivity contribution in [2.24, 2.45) is 0 Å². The minimum atomic E-state index is -2.31. The van der Waals surface area contributed by atoms with Gasteiger partial charge in [0, 0.05) is 0 Å². The fourth-order valence-electron chi connectivity index (χ4n) is 3.57. The van der Waals surface area contributed by atoms with Crippen LogP contribution in [0.1, 0.15) is 98.3 Å². The molecule has 0 radical (unpaired) electrons. The molecule has 0 nitrogen and oxygen atoms in total. The number of hydrogen-bond acceptors (Lipinski definition) is 0. The molecule has 1 heteroatoms. The number of terminal acetylenes is 1. The third kappa shape index (κ3) is 9.85. The van der Waals surface area contributed by atoms with E-state index in [2.05, 4.69) is 39.7 Å². The molecule has 0 atom stereocenters. The Bertz CT molecular complexity index is 313. The molecule has 0 aromatic heterocycles. The third-order valence-corrected chi connectivity index (χ3v) is 20.6. The summed E-state index contributed by atoms with van der Waals surface area (Å²) in [6.45, 7) is 9.28. The minimum absolute atomic E-state index is 1.22. The average molecular weight is 425 g/mol. The van der Waals surface area contributed by atoms with Gasteiger partial charge in [0.05, 0.1) is 0 Å². The first-order valence-electron chi connectivity index (χ1n) is 10.4. The van der Waals surface area contributed by atoms with Gasteiger partial charge in [0.2, 0.25) is 0 Å². The molecule has 23 heavy (non-hydrogen) atoms. The van der Waals surface area contributed by atoms with Gasteiger partial charge in [0.25, 0.3) is 0 Å². The van der Waals surface area contributed by atoms with Crippen molar-refractivity contribution in [3.8, 4) is 12.3 Å². The second-order valence-electron chi connectivity index (χ2n) is 7.20. The summed E-state index contributed by atoms with van der Waals surface area (Å²) < 4.78 is 6.04. The Hall–Kier alpha value is 0.0987. The summed E-state index contributed by atoms with van der Waals surface area (Å²) >= 11 is -2.31. The molecule has 0 bridgehead atoms. The molecule has 0 amide bonds. The summed E-state index contributed by atoms with van der Waals surface area (Å²) in [6, 6.07) is 0. The van der Waals surface area contributed by atoms with Crippen LogP contribution in [0.2, 0.25) is 13.3 Å². The van der Waals surface area contributed by atoms with Gasteiger partial charge in [-0.1, -0.05) is 0 Å². The van der Waals surface area contributed by atoms with Crippen molar-refractivity contribution >= 4 is 18.4 Å². The molecule has 0 rings (SSSR count). The van der Waals surface area contributed by atoms with Crippen LogP contribution in [0.5, 0.6) is 0 Å². The quantitative estimate of drug-likeness (QED) is 0.142. The van der Waals surface area contributed by atoms with Gasteiger partial charge in [-0.3, -0.25) is 0 Å². The van der Waals surface area contributed by atoms with Gasteiger partial charge in [-0.25, -0.2) is 0 Å². The predicted octanol–water partition coefficient (Wildman–Crippen LogP) is 7.90. The maximum absolute atomic E-state index is 6.05. The number of allylic oxidation sites excluding steroid dienone is 2. The number of hydrogen-bond donors (Lipinski definition) is 0. The van der Waals surface area contributed by atoms with E-state index >= 15 is 0 Å². The van der Waals surface area contributed by atoms with E-state index in [4.69, 9.17) is 6.42 Å². The van der Waals surface area contributed by atoms with Crippen molar-refractivity contribution in [2.45, 2.75) is 112 Å². The summed E-state index contributed by atoms with van der Waals surface area (Å²) in [5, 5.41) is 0. The molecule has 0 spiro atoms. The zero-order chi connectivity index (χ0) is 17.4. The molecule has 134 valence electrons. The Balaban J connectivity index is 5.10. The molecule has 0 N–H and O–H groups in total. The molecule has 0 heterocycles. The van der Waals surface area contributed by atoms with Gasteiger partial charge in [-0.05, 0) is 0 Å². The zero-order valence-electron chi connectivity index (χ0n) is 16.6. The predicted molar refractivity (Wildman–Crippen MR) is 111 cm³/mol. The molecular weight excluding hydrogens is 383 g/mol. The van der Waals surface area contributed by atoms with Crippen molar-refractivity contribution in [3.05, 3.63) is 9.67 Å². The molecule has 0 saturated heterocycles. The van der Waals surface area contributed by atoms with Crippen LogP contribution in [0.4, 0.5) is 0 Å². The van der Waals surface area contributed by atoms with Gasteiger partial charge in [0.1, 0.15) is 0 Å². The molecule has 0 aliphatic rings. The van der Waals surface area contributed by atoms with Crippen LogP contribution >= 0.6 is 0 Å². The first-order chi connectivity index (χ1) is 11.2. The van der Waals surface area contributed by atoms with Crippen LogP contribution in [0, 0.1) is 12.3 Å². The zero-order valence-corrected chi connectivity index (χ0v) is 19.4. The van der Waals surface area contributed by atoms with E-state index in [1.165, 1.54) is 83.9 Å². The number of unbranched alkanes of at least 4 members (excludes halogenated alkanes) is 7. The fourth-order valence-corrected chi connectivity index (χ4v) is 19.4. The first kappa shape index (κ1) is 23.1.